The number of nitrogens with zero attached hydrogens (tertiary/aromatic N) is 1. The van der Waals surface area contributed by atoms with Crippen molar-refractivity contribution in [2.24, 2.45) is 0 Å². The van der Waals surface area contributed by atoms with Crippen molar-refractivity contribution in [2.75, 3.05) is 20.8 Å². The van der Waals surface area contributed by atoms with Gasteiger partial charge in [0.15, 0.2) is 11.5 Å². The van der Waals surface area contributed by atoms with Crippen LogP contribution in [0.25, 0.3) is 0 Å². The Balaban J connectivity index is 1.45. The first-order valence-corrected chi connectivity index (χ1v) is 11.6. The van der Waals surface area contributed by atoms with E-state index in [1.807, 2.05) is 18.2 Å². The van der Waals surface area contributed by atoms with Gasteiger partial charge in [0.1, 0.15) is 11.4 Å². The monoisotopic (exact) mass is 452 g/mol. The number of aromatic nitrogens is 1. The van der Waals surface area contributed by atoms with Crippen LogP contribution in [-0.2, 0) is 11.8 Å². The van der Waals surface area contributed by atoms with Crippen LogP contribution < -0.4 is 14.8 Å². The molecule has 1 aliphatic carbocycles. The van der Waals surface area contributed by atoms with Gasteiger partial charge in [-0.2, -0.15) is 0 Å². The summed E-state index contributed by atoms with van der Waals surface area (Å²) in [6, 6.07) is 13.1. The van der Waals surface area contributed by atoms with Gasteiger partial charge in [0.25, 0.3) is 5.91 Å². The lowest BCUT2D eigenvalue weighted by Crippen LogP contribution is -2.39. The maximum absolute atomic E-state index is 12.9. The van der Waals surface area contributed by atoms with Crippen molar-refractivity contribution in [1.82, 2.24) is 10.3 Å². The molecule has 0 spiro atoms. The standard InChI is InChI=1S/C25H28N2O4S/c1-30-21-9-8-18(14-22(21)31-2)25(10-3-4-11-25)16-26-24(29)20-15-32-23(27-20)13-17-6-5-7-19(28)12-17/h5-9,12,14-15,28H,3-4,10-11,13,16H2,1-2H3,(H,26,29). The van der Waals surface area contributed by atoms with Crippen molar-refractivity contribution < 1.29 is 19.4 Å². The highest BCUT2D eigenvalue weighted by atomic mass is 32.1. The number of nitrogens with one attached hydrogen (secondary N) is 1. The van der Waals surface area contributed by atoms with Crippen LogP contribution >= 0.6 is 11.3 Å². The highest BCUT2D eigenvalue weighted by Gasteiger charge is 2.36. The molecule has 2 N–H and O–H groups in total. The van der Waals surface area contributed by atoms with Gasteiger partial charge < -0.3 is 19.9 Å². The number of phenolic OH excluding ortho intramolecular Hbond substituents is 1. The Morgan fingerprint density at radius 1 is 1.12 bits per heavy atom. The zero-order valence-corrected chi connectivity index (χ0v) is 19.2. The highest BCUT2D eigenvalue weighted by Crippen LogP contribution is 2.43. The van der Waals surface area contributed by atoms with Crippen LogP contribution in [-0.4, -0.2) is 36.8 Å². The number of methoxy groups -OCH3 is 2. The molecule has 6 nitrogen and oxygen atoms in total. The molecule has 1 fully saturated rings. The number of rotatable bonds is 8. The van der Waals surface area contributed by atoms with Crippen molar-refractivity contribution in [2.45, 2.75) is 37.5 Å². The van der Waals surface area contributed by atoms with Crippen LogP contribution in [0.5, 0.6) is 17.2 Å². The lowest BCUT2D eigenvalue weighted by Gasteiger charge is -2.30. The number of thiazole rings is 1. The molecule has 0 saturated heterocycles. The summed E-state index contributed by atoms with van der Waals surface area (Å²) in [4.78, 5) is 17.4. The third-order valence-corrected chi connectivity index (χ3v) is 7.04. The van der Waals surface area contributed by atoms with E-state index in [9.17, 15) is 9.90 Å². The minimum atomic E-state index is -0.157. The molecule has 4 rings (SSSR count). The Labute approximate surface area is 192 Å². The van der Waals surface area contributed by atoms with E-state index < -0.39 is 0 Å². The second-order valence-corrected chi connectivity index (χ2v) is 9.16. The Hall–Kier alpha value is -3.06. The average Bonchev–Trinajstić information content (AvgIpc) is 3.47. The van der Waals surface area contributed by atoms with Crippen LogP contribution in [0.15, 0.2) is 47.8 Å². The van der Waals surface area contributed by atoms with E-state index in [2.05, 4.69) is 16.4 Å². The summed E-state index contributed by atoms with van der Waals surface area (Å²) in [5.41, 5.74) is 2.45. The molecular formula is C25H28N2O4S. The van der Waals surface area contributed by atoms with Crippen molar-refractivity contribution in [1.29, 1.82) is 0 Å². The third-order valence-electron chi connectivity index (χ3n) is 6.19. The van der Waals surface area contributed by atoms with Gasteiger partial charge in [0.2, 0.25) is 0 Å². The van der Waals surface area contributed by atoms with Crippen LogP contribution in [0.2, 0.25) is 0 Å². The maximum atomic E-state index is 12.9. The van der Waals surface area contributed by atoms with E-state index in [0.29, 0.717) is 30.2 Å². The second-order valence-electron chi connectivity index (χ2n) is 8.21. The first kappa shape index (κ1) is 22.1. The summed E-state index contributed by atoms with van der Waals surface area (Å²) < 4.78 is 10.9. The van der Waals surface area contributed by atoms with E-state index in [1.165, 1.54) is 11.3 Å². The molecule has 0 unspecified atom stereocenters. The second kappa shape index (κ2) is 9.61. The summed E-state index contributed by atoms with van der Waals surface area (Å²) in [5, 5.41) is 15.4. The van der Waals surface area contributed by atoms with Crippen molar-refractivity contribution >= 4 is 17.2 Å². The number of benzene rings is 2. The SMILES string of the molecule is COc1ccc(C2(CNC(=O)c3csc(Cc4cccc(O)c4)n3)CCCC2)cc1OC. The molecule has 7 heteroatoms. The molecule has 0 bridgehead atoms. The quantitative estimate of drug-likeness (QED) is 0.518. The fraction of sp³-hybridized carbons (Fsp3) is 0.360. The number of phenols is 1. The number of amides is 1. The average molecular weight is 453 g/mol. The van der Waals surface area contributed by atoms with Crippen LogP contribution in [0.1, 0.15) is 52.3 Å². The molecule has 0 aliphatic heterocycles. The summed E-state index contributed by atoms with van der Waals surface area (Å²) in [6.45, 7) is 0.556. The van der Waals surface area contributed by atoms with E-state index in [0.717, 1.165) is 41.8 Å². The van der Waals surface area contributed by atoms with Crippen molar-refractivity contribution in [3.05, 3.63) is 69.7 Å². The van der Waals surface area contributed by atoms with Crippen molar-refractivity contribution in [3.63, 3.8) is 0 Å². The predicted octanol–water partition coefficient (Wildman–Crippen LogP) is 4.70. The van der Waals surface area contributed by atoms with Crippen molar-refractivity contribution in [3.8, 4) is 17.2 Å². The molecule has 0 radical (unpaired) electrons. The van der Waals surface area contributed by atoms with E-state index in [4.69, 9.17) is 9.47 Å². The fourth-order valence-corrected chi connectivity index (χ4v) is 5.27. The molecule has 1 amide bonds. The predicted molar refractivity (Wildman–Crippen MR) is 125 cm³/mol. The molecule has 2 aromatic carbocycles. The molecule has 1 heterocycles. The molecular weight excluding hydrogens is 424 g/mol. The number of hydrogen-bond acceptors (Lipinski definition) is 6. The smallest absolute Gasteiger partial charge is 0.270 e. The van der Waals surface area contributed by atoms with Gasteiger partial charge in [-0.05, 0) is 48.2 Å². The minimum Gasteiger partial charge on any atom is -0.508 e. The van der Waals surface area contributed by atoms with Crippen LogP contribution in [0.4, 0.5) is 0 Å². The number of carbonyl (C=O) groups excluding carboxylic acids is 1. The number of hydrogen-bond donors (Lipinski definition) is 2. The molecule has 168 valence electrons. The normalized spacial score (nSPS) is 14.8. The van der Waals surface area contributed by atoms with Gasteiger partial charge >= 0.3 is 0 Å². The minimum absolute atomic E-state index is 0.115. The highest BCUT2D eigenvalue weighted by molar-refractivity contribution is 7.09. The zero-order chi connectivity index (χ0) is 22.6. The van der Waals surface area contributed by atoms with Crippen LogP contribution in [0, 0.1) is 0 Å². The number of aromatic hydroxyl groups is 1. The number of ether oxygens (including phenoxy) is 2. The zero-order valence-electron chi connectivity index (χ0n) is 18.4. The molecule has 1 saturated carbocycles. The van der Waals surface area contributed by atoms with E-state index in [-0.39, 0.29) is 17.1 Å². The molecule has 1 aromatic heterocycles. The van der Waals surface area contributed by atoms with Gasteiger partial charge in [0.05, 0.1) is 19.2 Å². The Kier molecular flexibility index (Phi) is 6.65. The lowest BCUT2D eigenvalue weighted by atomic mass is 9.78. The molecule has 1 aliphatic rings. The Bertz CT molecular complexity index is 1090. The van der Waals surface area contributed by atoms with Gasteiger partial charge in [-0.3, -0.25) is 4.79 Å². The molecule has 32 heavy (non-hydrogen) atoms. The summed E-state index contributed by atoms with van der Waals surface area (Å²) in [5.74, 6) is 1.48. The van der Waals surface area contributed by atoms with Gasteiger partial charge in [-0.15, -0.1) is 11.3 Å². The molecule has 3 aromatic rings. The Morgan fingerprint density at radius 2 is 1.91 bits per heavy atom. The largest absolute Gasteiger partial charge is 0.508 e. The van der Waals surface area contributed by atoms with E-state index >= 15 is 0 Å². The van der Waals surface area contributed by atoms with Gasteiger partial charge in [-0.1, -0.05) is 31.0 Å². The lowest BCUT2D eigenvalue weighted by molar-refractivity contribution is 0.0938. The first-order valence-electron chi connectivity index (χ1n) is 10.8. The number of carbonyl (C=O) groups is 1. The van der Waals surface area contributed by atoms with Gasteiger partial charge in [-0.25, -0.2) is 4.98 Å². The van der Waals surface area contributed by atoms with E-state index in [1.54, 1.807) is 37.8 Å². The topological polar surface area (TPSA) is 80.7 Å². The summed E-state index contributed by atoms with van der Waals surface area (Å²) in [7, 11) is 3.27. The summed E-state index contributed by atoms with van der Waals surface area (Å²) >= 11 is 1.46. The third kappa shape index (κ3) is 4.72. The van der Waals surface area contributed by atoms with Crippen LogP contribution in [0.3, 0.4) is 0 Å². The Morgan fingerprint density at radius 3 is 2.62 bits per heavy atom. The van der Waals surface area contributed by atoms with Gasteiger partial charge in [0, 0.05) is 23.8 Å². The maximum Gasteiger partial charge on any atom is 0.270 e. The fourth-order valence-electron chi connectivity index (χ4n) is 4.46. The first-order chi connectivity index (χ1) is 15.5. The summed E-state index contributed by atoms with van der Waals surface area (Å²) in [6.07, 6.45) is 4.89. The molecule has 0 atom stereocenters.